The van der Waals surface area contributed by atoms with Crippen LogP contribution in [-0.2, 0) is 14.8 Å². The zero-order valence-electron chi connectivity index (χ0n) is 10.1. The number of nitrogens with zero attached hydrogens (tertiary/aromatic N) is 1. The maximum atomic E-state index is 12.0. The third-order valence-corrected chi connectivity index (χ3v) is 5.21. The van der Waals surface area contributed by atoms with Crippen LogP contribution < -0.4 is 5.32 Å². The van der Waals surface area contributed by atoms with Crippen LogP contribution in [0, 0.1) is 11.8 Å². The number of ether oxygens (including phenoxy) is 1. The summed E-state index contributed by atoms with van der Waals surface area (Å²) in [4.78, 5) is 0. The van der Waals surface area contributed by atoms with Crippen molar-refractivity contribution in [2.45, 2.75) is 6.92 Å². The Morgan fingerprint density at radius 1 is 1.29 bits per heavy atom. The van der Waals surface area contributed by atoms with E-state index in [2.05, 4.69) is 5.32 Å². The Morgan fingerprint density at radius 2 is 1.88 bits per heavy atom. The number of rotatable bonds is 5. The highest BCUT2D eigenvalue weighted by atomic mass is 35.5. The third kappa shape index (κ3) is 3.54. The van der Waals surface area contributed by atoms with Crippen molar-refractivity contribution in [3.63, 3.8) is 0 Å². The predicted octanol–water partition coefficient (Wildman–Crippen LogP) is -0.0743. The van der Waals surface area contributed by atoms with E-state index in [0.29, 0.717) is 38.1 Å². The molecule has 2 rings (SSSR count). The molecular weight excluding hydrogens is 264 g/mol. The molecule has 5 nitrogen and oxygen atoms in total. The van der Waals surface area contributed by atoms with Crippen LogP contribution in [-0.4, -0.2) is 57.9 Å². The van der Waals surface area contributed by atoms with Gasteiger partial charge >= 0.3 is 0 Å². The number of sulfonamides is 1. The van der Waals surface area contributed by atoms with E-state index in [-0.39, 0.29) is 18.2 Å². The first kappa shape index (κ1) is 15.2. The molecule has 17 heavy (non-hydrogen) atoms. The smallest absolute Gasteiger partial charge is 0.216 e. The van der Waals surface area contributed by atoms with Crippen molar-refractivity contribution in [3.05, 3.63) is 0 Å². The Balaban J connectivity index is 0.00000144. The van der Waals surface area contributed by atoms with Crippen LogP contribution in [0.15, 0.2) is 0 Å². The molecule has 7 heteroatoms. The summed E-state index contributed by atoms with van der Waals surface area (Å²) in [6, 6.07) is 0. The van der Waals surface area contributed by atoms with Gasteiger partial charge in [-0.15, -0.1) is 12.4 Å². The van der Waals surface area contributed by atoms with Gasteiger partial charge in [-0.05, 0) is 31.8 Å². The SMILES string of the molecule is CCOCCS(=O)(=O)N1C[C@H]2CNC[C@H]2C1.Cl. The first-order valence-corrected chi connectivity index (χ1v) is 7.50. The summed E-state index contributed by atoms with van der Waals surface area (Å²) in [5.74, 6) is 1.15. The van der Waals surface area contributed by atoms with Crippen LogP contribution in [0.1, 0.15) is 6.92 Å². The molecule has 2 fully saturated rings. The van der Waals surface area contributed by atoms with Crippen molar-refractivity contribution in [3.8, 4) is 0 Å². The monoisotopic (exact) mass is 284 g/mol. The van der Waals surface area contributed by atoms with Gasteiger partial charge in [-0.1, -0.05) is 0 Å². The molecule has 0 aromatic heterocycles. The molecule has 0 bridgehead atoms. The van der Waals surface area contributed by atoms with Gasteiger partial charge in [-0.3, -0.25) is 0 Å². The average Bonchev–Trinajstić information content (AvgIpc) is 2.76. The lowest BCUT2D eigenvalue weighted by molar-refractivity contribution is 0.162. The van der Waals surface area contributed by atoms with E-state index in [1.165, 1.54) is 0 Å². The minimum absolute atomic E-state index is 0. The number of halogens is 1. The van der Waals surface area contributed by atoms with E-state index in [9.17, 15) is 8.42 Å². The van der Waals surface area contributed by atoms with Crippen LogP contribution in [0.4, 0.5) is 0 Å². The van der Waals surface area contributed by atoms with Crippen LogP contribution in [0.2, 0.25) is 0 Å². The highest BCUT2D eigenvalue weighted by Gasteiger charge is 2.40. The zero-order valence-corrected chi connectivity index (χ0v) is 11.7. The van der Waals surface area contributed by atoms with Crippen molar-refractivity contribution in [1.82, 2.24) is 9.62 Å². The van der Waals surface area contributed by atoms with Gasteiger partial charge in [0.2, 0.25) is 10.0 Å². The molecule has 1 N–H and O–H groups in total. The molecule has 0 aromatic carbocycles. The maximum absolute atomic E-state index is 12.0. The summed E-state index contributed by atoms with van der Waals surface area (Å²) in [5, 5.41) is 3.30. The van der Waals surface area contributed by atoms with Gasteiger partial charge < -0.3 is 10.1 Å². The fourth-order valence-corrected chi connectivity index (χ4v) is 3.90. The summed E-state index contributed by atoms with van der Waals surface area (Å²) in [5.41, 5.74) is 0. The highest BCUT2D eigenvalue weighted by Crippen LogP contribution is 2.28. The lowest BCUT2D eigenvalue weighted by atomic mass is 10.0. The zero-order chi connectivity index (χ0) is 11.6. The number of hydrogen-bond donors (Lipinski definition) is 1. The van der Waals surface area contributed by atoms with Crippen molar-refractivity contribution in [2.24, 2.45) is 11.8 Å². The lowest BCUT2D eigenvalue weighted by Crippen LogP contribution is -2.34. The van der Waals surface area contributed by atoms with E-state index < -0.39 is 10.0 Å². The molecule has 0 radical (unpaired) electrons. The molecule has 0 amide bonds. The lowest BCUT2D eigenvalue weighted by Gasteiger charge is -2.17. The molecule has 0 unspecified atom stereocenters. The van der Waals surface area contributed by atoms with E-state index in [0.717, 1.165) is 13.1 Å². The fraction of sp³-hybridized carbons (Fsp3) is 1.00. The van der Waals surface area contributed by atoms with Crippen molar-refractivity contribution >= 4 is 22.4 Å². The Morgan fingerprint density at radius 3 is 2.41 bits per heavy atom. The Labute approximate surface area is 109 Å². The van der Waals surface area contributed by atoms with E-state index >= 15 is 0 Å². The Kier molecular flexibility index (Phi) is 5.66. The summed E-state index contributed by atoms with van der Waals surface area (Å²) in [6.45, 7) is 6.05. The van der Waals surface area contributed by atoms with Gasteiger partial charge in [0.15, 0.2) is 0 Å². The van der Waals surface area contributed by atoms with E-state index in [1.807, 2.05) is 6.92 Å². The van der Waals surface area contributed by atoms with Crippen LogP contribution in [0.25, 0.3) is 0 Å². The first-order valence-electron chi connectivity index (χ1n) is 5.89. The number of fused-ring (bicyclic) bond motifs is 1. The van der Waals surface area contributed by atoms with Gasteiger partial charge in [0.05, 0.1) is 12.4 Å². The van der Waals surface area contributed by atoms with Crippen molar-refractivity contribution < 1.29 is 13.2 Å². The second kappa shape index (κ2) is 6.33. The molecule has 2 aliphatic rings. The second-order valence-corrected chi connectivity index (χ2v) is 6.60. The Bertz CT molecular complexity index is 324. The quantitative estimate of drug-likeness (QED) is 0.718. The number of nitrogens with one attached hydrogen (secondary N) is 1. The van der Waals surface area contributed by atoms with Gasteiger partial charge in [0.25, 0.3) is 0 Å². The minimum Gasteiger partial charge on any atom is -0.381 e. The van der Waals surface area contributed by atoms with Gasteiger partial charge in [0, 0.05) is 19.7 Å². The molecule has 0 aromatic rings. The standard InChI is InChI=1S/C10H20N2O3S.ClH/c1-2-15-3-4-16(13,14)12-7-9-5-11-6-10(9)8-12;/h9-11H,2-8H2,1H3;1H/t9-,10+;. The third-order valence-electron chi connectivity index (χ3n) is 3.44. The molecule has 2 saturated heterocycles. The molecule has 2 aliphatic heterocycles. The normalized spacial score (nSPS) is 29.0. The Hall–Kier alpha value is 0.120. The van der Waals surface area contributed by atoms with Crippen molar-refractivity contribution in [1.29, 1.82) is 0 Å². The summed E-state index contributed by atoms with van der Waals surface area (Å²) in [6.07, 6.45) is 0. The van der Waals surface area contributed by atoms with Crippen LogP contribution in [0.3, 0.4) is 0 Å². The fourth-order valence-electron chi connectivity index (χ4n) is 2.48. The average molecular weight is 285 g/mol. The van der Waals surface area contributed by atoms with Crippen molar-refractivity contribution in [2.75, 3.05) is 45.1 Å². The largest absolute Gasteiger partial charge is 0.381 e. The topological polar surface area (TPSA) is 58.6 Å². The highest BCUT2D eigenvalue weighted by molar-refractivity contribution is 7.89. The van der Waals surface area contributed by atoms with Gasteiger partial charge in [-0.2, -0.15) is 0 Å². The molecule has 2 heterocycles. The first-order chi connectivity index (χ1) is 7.63. The summed E-state index contributed by atoms with van der Waals surface area (Å²) in [7, 11) is -3.09. The number of hydrogen-bond acceptors (Lipinski definition) is 4. The second-order valence-electron chi connectivity index (χ2n) is 4.51. The molecular formula is C10H21ClN2O3S. The summed E-state index contributed by atoms with van der Waals surface area (Å²) < 4.78 is 30.7. The molecule has 0 aliphatic carbocycles. The minimum atomic E-state index is -3.09. The van der Waals surface area contributed by atoms with Crippen LogP contribution in [0.5, 0.6) is 0 Å². The maximum Gasteiger partial charge on any atom is 0.216 e. The van der Waals surface area contributed by atoms with Gasteiger partial charge in [0.1, 0.15) is 0 Å². The molecule has 0 saturated carbocycles. The molecule has 2 atom stereocenters. The van der Waals surface area contributed by atoms with Crippen LogP contribution >= 0.6 is 12.4 Å². The molecule has 0 spiro atoms. The van der Waals surface area contributed by atoms with E-state index in [1.54, 1.807) is 4.31 Å². The summed E-state index contributed by atoms with van der Waals surface area (Å²) >= 11 is 0. The van der Waals surface area contributed by atoms with Gasteiger partial charge in [-0.25, -0.2) is 12.7 Å². The molecule has 102 valence electrons. The predicted molar refractivity (Wildman–Crippen MR) is 69.0 cm³/mol. The van der Waals surface area contributed by atoms with E-state index in [4.69, 9.17) is 4.74 Å².